The van der Waals surface area contributed by atoms with Crippen molar-refractivity contribution in [1.82, 2.24) is 26.6 Å². The minimum absolute atomic E-state index is 0. The van der Waals surface area contributed by atoms with Crippen molar-refractivity contribution in [2.24, 2.45) is 23.7 Å². The first kappa shape index (κ1) is 53.4. The van der Waals surface area contributed by atoms with Crippen LogP contribution in [0, 0.1) is 67.7 Å². The molecule has 4 aliphatic rings. The van der Waals surface area contributed by atoms with Gasteiger partial charge in [-0.15, -0.1) is 6.54 Å². The Bertz CT molecular complexity index is 1550. The predicted octanol–water partition coefficient (Wildman–Crippen LogP) is 3.90. The number of esters is 1. The van der Waals surface area contributed by atoms with Crippen molar-refractivity contribution < 1.29 is 91.8 Å². The maximum atomic E-state index is 13.4. The average molecular weight is 1090 g/mol. The topological polar surface area (TPSA) is 220 Å². The van der Waals surface area contributed by atoms with Gasteiger partial charge >= 0.3 is 12.1 Å². The molecule has 0 aromatic heterocycles. The first-order valence-corrected chi connectivity index (χ1v) is 23.1. The van der Waals surface area contributed by atoms with Crippen molar-refractivity contribution >= 4 is 47.5 Å². The van der Waals surface area contributed by atoms with E-state index in [9.17, 15) is 28.8 Å². The second-order valence-electron chi connectivity index (χ2n) is 18.2. The molecular weight excluding hydrogens is 1020 g/mol. The van der Waals surface area contributed by atoms with E-state index in [4.69, 9.17) is 18.9 Å². The summed E-state index contributed by atoms with van der Waals surface area (Å²) in [6, 6.07) is -3.94. The number of thioether (sulfide) groups is 1. The molecule has 0 aromatic carbocycles. The molecule has 343 valence electrons. The van der Waals surface area contributed by atoms with E-state index in [1.165, 1.54) is 24.3 Å². The van der Waals surface area contributed by atoms with Crippen molar-refractivity contribution in [2.45, 2.75) is 161 Å². The number of carbonyl (C=O) groups excluding carboxylic acids is 6. The molecule has 16 nitrogen and oxygen atoms in total. The van der Waals surface area contributed by atoms with Crippen LogP contribution in [0.25, 0.3) is 5.32 Å². The second kappa shape index (κ2) is 24.4. The van der Waals surface area contributed by atoms with Crippen LogP contribution in [0.2, 0.25) is 0 Å². The minimum Gasteiger partial charge on any atom is -0.652 e. The van der Waals surface area contributed by atoms with Crippen LogP contribution in [-0.4, -0.2) is 128 Å². The number of epoxide rings is 2. The summed E-state index contributed by atoms with van der Waals surface area (Å²) in [4.78, 5) is 78.5. The summed E-state index contributed by atoms with van der Waals surface area (Å²) in [7, 11) is 0. The summed E-state index contributed by atoms with van der Waals surface area (Å²) in [5, 5.41) is 17.8. The van der Waals surface area contributed by atoms with E-state index < -0.39 is 66.5 Å². The summed E-state index contributed by atoms with van der Waals surface area (Å²) in [6.45, 7) is 18.3. The number of nitrogens with one attached hydrogen (secondary N) is 5. The standard InChI is InChI=1S/C43H71N6O10S.Ac/c1-24(2)13-14-34-42(9,59-34)36-27(7)33(15-17-43(36)23-57-43)58-41(55)49-32(26(5)6)22-56-40(54)28(8)46-39(53)30(16-19-60-10)47-35(50)21-45-37(51)31(20-25(3)4)48-38(52)29-12-11-18-44-29;/h13,25-34,36H,11-12,14-23H2,1-10H3,(H,45,51)(H,46,53)(H,47,50)(H,48,52)(H,49,55);/q-1;/t27-,28+,29+,30+,31+,32+,33-,34-,36-,42+,43+;/m1./s1. The average Bonchev–Trinajstić information content (AvgIpc) is 4.01. The van der Waals surface area contributed by atoms with Gasteiger partial charge in [0.1, 0.15) is 30.8 Å². The molecule has 4 rings (SSSR count). The molecule has 0 aromatic rings. The van der Waals surface area contributed by atoms with E-state index in [0.717, 1.165) is 19.3 Å². The van der Waals surface area contributed by atoms with Gasteiger partial charge in [0.25, 0.3) is 0 Å². The zero-order valence-electron chi connectivity index (χ0n) is 37.9. The van der Waals surface area contributed by atoms with E-state index in [0.29, 0.717) is 38.2 Å². The third-order valence-corrected chi connectivity index (χ3v) is 12.8. The van der Waals surface area contributed by atoms with E-state index in [1.807, 2.05) is 34.0 Å². The fraction of sp³-hybridized carbons (Fsp3) is 0.814. The molecule has 5 amide bonds. The van der Waals surface area contributed by atoms with Gasteiger partial charge in [-0.1, -0.05) is 65.2 Å². The molecule has 0 bridgehead atoms. The number of alkyl carbamates (subject to hydrolysis) is 1. The molecule has 1 saturated carbocycles. The summed E-state index contributed by atoms with van der Waals surface area (Å²) < 4.78 is 23.9. The van der Waals surface area contributed by atoms with Gasteiger partial charge in [0.2, 0.25) is 23.6 Å². The molecule has 1 radical (unpaired) electrons. The van der Waals surface area contributed by atoms with Crippen LogP contribution in [0.5, 0.6) is 0 Å². The van der Waals surface area contributed by atoms with Gasteiger partial charge in [0.15, 0.2) is 0 Å². The first-order valence-electron chi connectivity index (χ1n) is 21.7. The molecule has 61 heavy (non-hydrogen) atoms. The molecule has 5 N–H and O–H groups in total. The van der Waals surface area contributed by atoms with Crippen LogP contribution in [0.15, 0.2) is 11.6 Å². The largest absolute Gasteiger partial charge is 0.652 e. The van der Waals surface area contributed by atoms with Crippen molar-refractivity contribution in [1.29, 1.82) is 0 Å². The third-order valence-electron chi connectivity index (χ3n) is 12.2. The van der Waals surface area contributed by atoms with Crippen LogP contribution < -0.4 is 26.6 Å². The normalized spacial score (nSPS) is 28.3. The zero-order valence-corrected chi connectivity index (χ0v) is 43.5. The van der Waals surface area contributed by atoms with Gasteiger partial charge in [-0.2, -0.15) is 11.8 Å². The number of hydrogen-bond acceptors (Lipinski definition) is 11. The summed E-state index contributed by atoms with van der Waals surface area (Å²) in [5.74, 6) is -2.12. The minimum atomic E-state index is -1.07. The molecule has 3 aliphatic heterocycles. The predicted molar refractivity (Wildman–Crippen MR) is 229 cm³/mol. The Labute approximate surface area is 402 Å². The Hall–Kier alpha value is -1.97. The SMILES string of the molecule is CSCC[C@H](NC(=O)CNC(=O)[C@H](CC(C)C)NC(=O)[C@@H]1CCC[N-]1)C(=O)N[C@@H](C)C(=O)OC[C@H](NC(=O)O[C@@H]1CC[C@]2(CO2)[C@@H]([C@@]2(C)O[C@@H]2CC=C(C)C)[C@@H]1C)C(C)C.[Ac]. The number of rotatable bonds is 22. The van der Waals surface area contributed by atoms with E-state index in [1.54, 1.807) is 0 Å². The van der Waals surface area contributed by atoms with Crippen molar-refractivity contribution in [2.75, 3.05) is 38.3 Å². The molecule has 4 fully saturated rings. The maximum absolute atomic E-state index is 13.4. The number of carbonyl (C=O) groups is 6. The van der Waals surface area contributed by atoms with Crippen LogP contribution >= 0.6 is 11.8 Å². The van der Waals surface area contributed by atoms with Crippen molar-refractivity contribution in [3.05, 3.63) is 17.0 Å². The van der Waals surface area contributed by atoms with E-state index >= 15 is 0 Å². The van der Waals surface area contributed by atoms with Crippen LogP contribution in [0.3, 0.4) is 0 Å². The quantitative estimate of drug-likeness (QED) is 0.0595. The smallest absolute Gasteiger partial charge is 0.407 e. The Morgan fingerprint density at radius 2 is 1.67 bits per heavy atom. The Morgan fingerprint density at radius 1 is 0.967 bits per heavy atom. The fourth-order valence-corrected chi connectivity index (χ4v) is 9.01. The van der Waals surface area contributed by atoms with E-state index in [2.05, 4.69) is 65.7 Å². The number of hydrogen-bond donors (Lipinski definition) is 5. The molecule has 1 spiro atoms. The Kier molecular flexibility index (Phi) is 21.3. The summed E-state index contributed by atoms with van der Waals surface area (Å²) >= 11 is 1.48. The number of amides is 5. The van der Waals surface area contributed by atoms with Crippen LogP contribution in [-0.2, 0) is 42.9 Å². The number of nitrogens with zero attached hydrogens (tertiary/aromatic N) is 1. The molecule has 3 saturated heterocycles. The van der Waals surface area contributed by atoms with Gasteiger partial charge in [0, 0.05) is 55.9 Å². The number of ether oxygens (including phenoxy) is 4. The summed E-state index contributed by atoms with van der Waals surface area (Å²) in [5.41, 5.74) is 0.642. The molecular formula is C43H71AcN6O10S-. The van der Waals surface area contributed by atoms with Gasteiger partial charge in [0.05, 0.1) is 36.5 Å². The van der Waals surface area contributed by atoms with Crippen LogP contribution in [0.4, 0.5) is 4.79 Å². The van der Waals surface area contributed by atoms with Gasteiger partial charge < -0.3 is 50.8 Å². The molecule has 0 unspecified atom stereocenters. The Morgan fingerprint density at radius 3 is 2.26 bits per heavy atom. The Balaban J connectivity index is 0.00000992. The van der Waals surface area contributed by atoms with Gasteiger partial charge in [-0.25, -0.2) is 9.59 Å². The van der Waals surface area contributed by atoms with Gasteiger partial charge in [-0.3, -0.25) is 19.2 Å². The third kappa shape index (κ3) is 15.6. The molecule has 1 aliphatic carbocycles. The monoisotopic (exact) mass is 1090 g/mol. The molecule has 18 heteroatoms. The molecule has 3 heterocycles. The summed E-state index contributed by atoms with van der Waals surface area (Å²) in [6.07, 6.45) is 7.59. The second-order valence-corrected chi connectivity index (χ2v) is 19.2. The first-order chi connectivity index (χ1) is 28.3. The van der Waals surface area contributed by atoms with Gasteiger partial charge in [-0.05, 0) is 83.6 Å². The zero-order chi connectivity index (χ0) is 44.4. The van der Waals surface area contributed by atoms with Crippen LogP contribution in [0.1, 0.15) is 107 Å². The number of allylic oxidation sites excluding steroid dienone is 1. The van der Waals surface area contributed by atoms with E-state index in [-0.39, 0.29) is 110 Å². The maximum Gasteiger partial charge on any atom is 0.407 e. The van der Waals surface area contributed by atoms with Crippen molar-refractivity contribution in [3.8, 4) is 0 Å². The van der Waals surface area contributed by atoms with Crippen molar-refractivity contribution in [3.63, 3.8) is 0 Å². The fourth-order valence-electron chi connectivity index (χ4n) is 8.54. The molecule has 11 atom stereocenters.